The maximum atomic E-state index is 4.88. The second-order valence-corrected chi connectivity index (χ2v) is 7.20. The minimum atomic E-state index is 0.543. The molecule has 6 heteroatoms. The predicted octanol–water partition coefficient (Wildman–Crippen LogP) is 4.76. The molecule has 1 saturated carbocycles. The van der Waals surface area contributed by atoms with Gasteiger partial charge >= 0.3 is 0 Å². The van der Waals surface area contributed by atoms with Gasteiger partial charge in [-0.3, -0.25) is 4.99 Å². The Bertz CT molecular complexity index is 799. The molecule has 0 aromatic carbocycles. The van der Waals surface area contributed by atoms with E-state index in [-0.39, 0.29) is 0 Å². The maximum Gasteiger partial charge on any atom is 0.171 e. The van der Waals surface area contributed by atoms with Crippen molar-refractivity contribution in [1.82, 2.24) is 14.6 Å². The van der Waals surface area contributed by atoms with Crippen molar-refractivity contribution >= 4 is 33.6 Å². The summed E-state index contributed by atoms with van der Waals surface area (Å²) in [7, 11) is 1.77. The molecule has 1 aliphatic rings. The first-order chi connectivity index (χ1) is 12.2. The minimum Gasteiger partial charge on any atom is -0.366 e. The standard InChI is InChI=1S/C19H24BrN5/c1-3-7-14(11-21-2)12-22-18-10-17(15-8-5-4-6-9-15)24-19-16(20)13-23-25(18)19/h3,7,10-11,13,15,22H,1,4-6,8-9,12H2,2H3/b14-7+,21-11?. The molecule has 0 unspecified atom stereocenters. The van der Waals surface area contributed by atoms with Gasteiger partial charge in [0.1, 0.15) is 5.82 Å². The largest absolute Gasteiger partial charge is 0.366 e. The molecule has 2 aromatic rings. The first kappa shape index (κ1) is 17.9. The third kappa shape index (κ3) is 4.18. The van der Waals surface area contributed by atoms with E-state index >= 15 is 0 Å². The van der Waals surface area contributed by atoms with Crippen molar-refractivity contribution in [3.63, 3.8) is 0 Å². The fourth-order valence-corrected chi connectivity index (χ4v) is 3.69. The summed E-state index contributed by atoms with van der Waals surface area (Å²) >= 11 is 3.57. The van der Waals surface area contributed by atoms with Gasteiger partial charge in [0.25, 0.3) is 0 Å². The van der Waals surface area contributed by atoms with E-state index in [1.54, 1.807) is 19.3 Å². The van der Waals surface area contributed by atoms with Crippen molar-refractivity contribution < 1.29 is 0 Å². The summed E-state index contributed by atoms with van der Waals surface area (Å²) in [6.45, 7) is 4.42. The SMILES string of the molecule is C=C/C=C(\C=NC)CNc1cc(C2CCCCC2)nc2c(Br)cnn12. The lowest BCUT2D eigenvalue weighted by Crippen LogP contribution is -2.13. The van der Waals surface area contributed by atoms with Gasteiger partial charge < -0.3 is 5.32 Å². The van der Waals surface area contributed by atoms with Gasteiger partial charge in [0.2, 0.25) is 0 Å². The second-order valence-electron chi connectivity index (χ2n) is 6.35. The zero-order valence-electron chi connectivity index (χ0n) is 14.6. The van der Waals surface area contributed by atoms with Crippen molar-refractivity contribution in [1.29, 1.82) is 0 Å². The first-order valence-electron chi connectivity index (χ1n) is 8.74. The van der Waals surface area contributed by atoms with E-state index in [1.165, 1.54) is 32.1 Å². The highest BCUT2D eigenvalue weighted by Crippen LogP contribution is 2.33. The topological polar surface area (TPSA) is 54.6 Å². The number of halogens is 1. The average molecular weight is 402 g/mol. The van der Waals surface area contributed by atoms with Crippen LogP contribution in [0.3, 0.4) is 0 Å². The molecule has 1 aliphatic carbocycles. The first-order valence-corrected chi connectivity index (χ1v) is 9.54. The third-order valence-electron chi connectivity index (χ3n) is 4.57. The van der Waals surface area contributed by atoms with Gasteiger partial charge in [-0.1, -0.05) is 38.0 Å². The van der Waals surface area contributed by atoms with E-state index in [4.69, 9.17) is 4.98 Å². The number of hydrogen-bond acceptors (Lipinski definition) is 4. The molecule has 132 valence electrons. The molecule has 3 rings (SSSR count). The molecular formula is C19H24BrN5. The van der Waals surface area contributed by atoms with Crippen LogP contribution in [0.2, 0.25) is 0 Å². The number of hydrogen-bond donors (Lipinski definition) is 1. The van der Waals surface area contributed by atoms with Crippen LogP contribution in [-0.2, 0) is 0 Å². The van der Waals surface area contributed by atoms with Gasteiger partial charge in [0.05, 0.1) is 10.7 Å². The van der Waals surface area contributed by atoms with Gasteiger partial charge in [0, 0.05) is 37.5 Å². The molecule has 1 fully saturated rings. The minimum absolute atomic E-state index is 0.543. The Morgan fingerprint density at radius 2 is 2.24 bits per heavy atom. The lowest BCUT2D eigenvalue weighted by molar-refractivity contribution is 0.437. The molecule has 0 amide bonds. The smallest absolute Gasteiger partial charge is 0.171 e. The van der Waals surface area contributed by atoms with Crippen molar-refractivity contribution in [2.24, 2.45) is 4.99 Å². The molecule has 0 atom stereocenters. The number of anilines is 1. The quantitative estimate of drug-likeness (QED) is 0.560. The van der Waals surface area contributed by atoms with E-state index in [1.807, 2.05) is 16.8 Å². The summed E-state index contributed by atoms with van der Waals surface area (Å²) in [4.78, 5) is 8.98. The maximum absolute atomic E-state index is 4.88. The van der Waals surface area contributed by atoms with Crippen molar-refractivity contribution in [3.05, 3.63) is 46.7 Å². The van der Waals surface area contributed by atoms with Crippen LogP contribution in [0.15, 0.2) is 46.0 Å². The summed E-state index contributed by atoms with van der Waals surface area (Å²) in [5.41, 5.74) is 3.09. The van der Waals surface area contributed by atoms with Gasteiger partial charge in [-0.25, -0.2) is 4.98 Å². The van der Waals surface area contributed by atoms with Crippen LogP contribution in [0, 0.1) is 0 Å². The highest BCUT2D eigenvalue weighted by molar-refractivity contribution is 9.10. The predicted molar refractivity (Wildman–Crippen MR) is 108 cm³/mol. The Kier molecular flexibility index (Phi) is 6.02. The molecule has 0 saturated heterocycles. The molecule has 0 spiro atoms. The third-order valence-corrected chi connectivity index (χ3v) is 5.13. The van der Waals surface area contributed by atoms with E-state index < -0.39 is 0 Å². The van der Waals surface area contributed by atoms with Crippen molar-refractivity contribution in [2.45, 2.75) is 38.0 Å². The molecule has 0 bridgehead atoms. The monoisotopic (exact) mass is 401 g/mol. The molecule has 0 radical (unpaired) electrons. The molecule has 5 nitrogen and oxygen atoms in total. The summed E-state index contributed by atoms with van der Waals surface area (Å²) in [5.74, 6) is 1.50. The average Bonchev–Trinajstić information content (AvgIpc) is 3.02. The number of allylic oxidation sites excluding steroid dienone is 2. The van der Waals surface area contributed by atoms with E-state index in [0.29, 0.717) is 12.5 Å². The molecule has 1 N–H and O–H groups in total. The van der Waals surface area contributed by atoms with Crippen LogP contribution in [0.5, 0.6) is 0 Å². The fourth-order valence-electron chi connectivity index (χ4n) is 3.35. The molecule has 2 aromatic heterocycles. The Balaban J connectivity index is 1.92. The zero-order valence-corrected chi connectivity index (χ0v) is 16.2. The van der Waals surface area contributed by atoms with E-state index in [2.05, 4.69) is 44.0 Å². The highest BCUT2D eigenvalue weighted by Gasteiger charge is 2.19. The lowest BCUT2D eigenvalue weighted by Gasteiger charge is -2.22. The van der Waals surface area contributed by atoms with Crippen molar-refractivity contribution in [2.75, 3.05) is 18.9 Å². The van der Waals surface area contributed by atoms with Gasteiger partial charge in [-0.05, 0) is 34.3 Å². The van der Waals surface area contributed by atoms with Gasteiger partial charge in [0.15, 0.2) is 5.65 Å². The van der Waals surface area contributed by atoms with E-state index in [0.717, 1.165) is 27.2 Å². The second kappa shape index (κ2) is 8.43. The number of rotatable bonds is 6. The van der Waals surface area contributed by atoms with Crippen LogP contribution in [0.4, 0.5) is 5.82 Å². The summed E-state index contributed by atoms with van der Waals surface area (Å²) in [6.07, 6.45) is 13.7. The Morgan fingerprint density at radius 3 is 2.96 bits per heavy atom. The fraction of sp³-hybridized carbons (Fsp3) is 0.421. The zero-order chi connectivity index (χ0) is 17.6. The van der Waals surface area contributed by atoms with Crippen LogP contribution >= 0.6 is 15.9 Å². The Hall–Kier alpha value is -1.95. The molecular weight excluding hydrogens is 378 g/mol. The van der Waals surface area contributed by atoms with Gasteiger partial charge in [-0.2, -0.15) is 9.61 Å². The number of nitrogens with zero attached hydrogens (tertiary/aromatic N) is 4. The summed E-state index contributed by atoms with van der Waals surface area (Å²) in [6, 6.07) is 2.15. The Labute approximate surface area is 157 Å². The molecule has 25 heavy (non-hydrogen) atoms. The number of fused-ring (bicyclic) bond motifs is 1. The summed E-state index contributed by atoms with van der Waals surface area (Å²) < 4.78 is 2.77. The highest BCUT2D eigenvalue weighted by atomic mass is 79.9. The van der Waals surface area contributed by atoms with Gasteiger partial charge in [-0.15, -0.1) is 0 Å². The normalized spacial score (nSPS) is 16.6. The number of nitrogens with one attached hydrogen (secondary N) is 1. The summed E-state index contributed by atoms with van der Waals surface area (Å²) in [5, 5.41) is 7.93. The Morgan fingerprint density at radius 1 is 1.44 bits per heavy atom. The van der Waals surface area contributed by atoms with Crippen LogP contribution in [0.1, 0.15) is 43.7 Å². The van der Waals surface area contributed by atoms with Crippen molar-refractivity contribution in [3.8, 4) is 0 Å². The number of aliphatic imine (C=N–C) groups is 1. The molecule has 0 aliphatic heterocycles. The van der Waals surface area contributed by atoms with Crippen LogP contribution < -0.4 is 5.32 Å². The van der Waals surface area contributed by atoms with E-state index in [9.17, 15) is 0 Å². The van der Waals surface area contributed by atoms with Crippen LogP contribution in [0.25, 0.3) is 5.65 Å². The molecule has 2 heterocycles. The van der Waals surface area contributed by atoms with Crippen LogP contribution in [-0.4, -0.2) is 34.4 Å². The number of aromatic nitrogens is 3. The lowest BCUT2D eigenvalue weighted by atomic mass is 9.87.